The van der Waals surface area contributed by atoms with E-state index in [1.807, 2.05) is 6.92 Å². The third kappa shape index (κ3) is 1.15. The van der Waals surface area contributed by atoms with Gasteiger partial charge in [-0.1, -0.05) is 5.57 Å². The van der Waals surface area contributed by atoms with Crippen molar-refractivity contribution < 1.29 is 8.42 Å². The maximum absolute atomic E-state index is 10.9. The molecule has 0 saturated carbocycles. The fourth-order valence-electron chi connectivity index (χ4n) is 1.01. The summed E-state index contributed by atoms with van der Waals surface area (Å²) < 4.78 is 21.8. The van der Waals surface area contributed by atoms with E-state index in [-0.39, 0.29) is 5.25 Å². The average Bonchev–Trinajstić information content (AvgIpc) is 1.79. The number of hydrogen-bond acceptors (Lipinski definition) is 2. The Balaban J connectivity index is 3.04. The molecule has 1 aliphatic rings. The minimum absolute atomic E-state index is 0.183. The van der Waals surface area contributed by atoms with Crippen LogP contribution in [0.1, 0.15) is 20.3 Å². The summed E-state index contributed by atoms with van der Waals surface area (Å²) in [5.74, 6) is 0. The molecule has 0 radical (unpaired) electrons. The Labute approximate surface area is 55.5 Å². The molecule has 3 heteroatoms. The van der Waals surface area contributed by atoms with E-state index in [0.29, 0.717) is 6.42 Å². The smallest absolute Gasteiger partial charge is 0.174 e. The van der Waals surface area contributed by atoms with Crippen molar-refractivity contribution >= 4 is 9.84 Å². The van der Waals surface area contributed by atoms with Crippen LogP contribution in [0, 0.1) is 0 Å². The molecule has 0 spiro atoms. The van der Waals surface area contributed by atoms with Crippen molar-refractivity contribution in [1.82, 2.24) is 0 Å². The standard InChI is InChI=1S/C6H10O2S/c1-5-3-6(2)9(7,8)4-5/h4,6H,3H2,1-2H3. The normalized spacial score (nSPS) is 32.2. The van der Waals surface area contributed by atoms with Crippen LogP contribution in [-0.4, -0.2) is 13.7 Å². The molecule has 0 aromatic carbocycles. The highest BCUT2D eigenvalue weighted by Crippen LogP contribution is 2.22. The summed E-state index contributed by atoms with van der Waals surface area (Å²) in [5.41, 5.74) is 0.975. The largest absolute Gasteiger partial charge is 0.224 e. The first-order chi connectivity index (χ1) is 4.02. The Morgan fingerprint density at radius 2 is 2.22 bits per heavy atom. The molecular formula is C6H10O2S. The van der Waals surface area contributed by atoms with Gasteiger partial charge in [-0.25, -0.2) is 8.42 Å². The lowest BCUT2D eigenvalue weighted by molar-refractivity contribution is 0.596. The molecule has 1 unspecified atom stereocenters. The van der Waals surface area contributed by atoms with Gasteiger partial charge in [-0.3, -0.25) is 0 Å². The molecule has 1 rings (SSSR count). The fourth-order valence-corrected chi connectivity index (χ4v) is 2.40. The van der Waals surface area contributed by atoms with Crippen LogP contribution < -0.4 is 0 Å². The summed E-state index contributed by atoms with van der Waals surface area (Å²) in [6, 6.07) is 0. The van der Waals surface area contributed by atoms with E-state index in [1.54, 1.807) is 6.92 Å². The highest BCUT2D eigenvalue weighted by atomic mass is 32.2. The second-order valence-electron chi connectivity index (χ2n) is 2.57. The summed E-state index contributed by atoms with van der Waals surface area (Å²) in [5, 5.41) is 1.19. The predicted molar refractivity (Wildman–Crippen MR) is 36.8 cm³/mol. The topological polar surface area (TPSA) is 34.1 Å². The molecule has 0 aliphatic carbocycles. The van der Waals surface area contributed by atoms with E-state index in [4.69, 9.17) is 0 Å². The second kappa shape index (κ2) is 1.84. The summed E-state index contributed by atoms with van der Waals surface area (Å²) in [4.78, 5) is 0. The lowest BCUT2D eigenvalue weighted by atomic mass is 10.2. The van der Waals surface area contributed by atoms with Crippen molar-refractivity contribution in [3.05, 3.63) is 11.0 Å². The van der Waals surface area contributed by atoms with Gasteiger partial charge in [0.05, 0.1) is 5.25 Å². The second-order valence-corrected chi connectivity index (χ2v) is 4.79. The highest BCUT2D eigenvalue weighted by Gasteiger charge is 2.24. The Morgan fingerprint density at radius 3 is 2.33 bits per heavy atom. The van der Waals surface area contributed by atoms with Gasteiger partial charge < -0.3 is 0 Å². The van der Waals surface area contributed by atoms with Crippen molar-refractivity contribution in [3.8, 4) is 0 Å². The molecule has 1 atom stereocenters. The number of sulfone groups is 1. The molecule has 1 aliphatic heterocycles. The third-order valence-electron chi connectivity index (χ3n) is 1.54. The highest BCUT2D eigenvalue weighted by molar-refractivity contribution is 7.95. The van der Waals surface area contributed by atoms with Crippen molar-refractivity contribution in [2.24, 2.45) is 0 Å². The molecule has 0 N–H and O–H groups in total. The first-order valence-corrected chi connectivity index (χ1v) is 4.54. The Hall–Kier alpha value is -0.310. The molecule has 52 valence electrons. The maximum atomic E-state index is 10.9. The van der Waals surface area contributed by atoms with Gasteiger partial charge in [-0.2, -0.15) is 0 Å². The van der Waals surface area contributed by atoms with E-state index in [2.05, 4.69) is 0 Å². The molecule has 0 fully saturated rings. The zero-order valence-electron chi connectivity index (χ0n) is 5.59. The summed E-state index contributed by atoms with van der Waals surface area (Å²) in [7, 11) is -2.84. The van der Waals surface area contributed by atoms with Crippen LogP contribution in [0.5, 0.6) is 0 Å². The van der Waals surface area contributed by atoms with Crippen molar-refractivity contribution in [1.29, 1.82) is 0 Å². The molecule has 0 aromatic heterocycles. The van der Waals surface area contributed by atoms with Gasteiger partial charge in [0.2, 0.25) is 0 Å². The van der Waals surface area contributed by atoms with Crippen LogP contribution in [-0.2, 0) is 9.84 Å². The first-order valence-electron chi connectivity index (χ1n) is 2.93. The minimum atomic E-state index is -2.84. The van der Waals surface area contributed by atoms with Gasteiger partial charge in [-0.15, -0.1) is 0 Å². The van der Waals surface area contributed by atoms with E-state index in [1.165, 1.54) is 5.41 Å². The van der Waals surface area contributed by atoms with E-state index in [0.717, 1.165) is 5.57 Å². The summed E-state index contributed by atoms with van der Waals surface area (Å²) >= 11 is 0. The van der Waals surface area contributed by atoms with Gasteiger partial charge in [0, 0.05) is 5.41 Å². The third-order valence-corrected chi connectivity index (χ3v) is 3.55. The van der Waals surface area contributed by atoms with Gasteiger partial charge in [0.25, 0.3) is 0 Å². The number of hydrogen-bond donors (Lipinski definition) is 0. The Bertz CT molecular complexity index is 236. The molecular weight excluding hydrogens is 136 g/mol. The van der Waals surface area contributed by atoms with Crippen molar-refractivity contribution in [2.75, 3.05) is 0 Å². The zero-order chi connectivity index (χ0) is 7.07. The average molecular weight is 146 g/mol. The van der Waals surface area contributed by atoms with Gasteiger partial charge >= 0.3 is 0 Å². The molecule has 9 heavy (non-hydrogen) atoms. The molecule has 0 amide bonds. The Morgan fingerprint density at radius 1 is 1.67 bits per heavy atom. The van der Waals surface area contributed by atoms with Crippen LogP contribution in [0.25, 0.3) is 0 Å². The molecule has 2 nitrogen and oxygen atoms in total. The van der Waals surface area contributed by atoms with Crippen LogP contribution in [0.3, 0.4) is 0 Å². The Kier molecular flexibility index (Phi) is 1.39. The van der Waals surface area contributed by atoms with Crippen LogP contribution in [0.15, 0.2) is 11.0 Å². The van der Waals surface area contributed by atoms with Gasteiger partial charge in [-0.05, 0) is 20.3 Å². The van der Waals surface area contributed by atoms with Crippen LogP contribution in [0.2, 0.25) is 0 Å². The monoisotopic (exact) mass is 146 g/mol. The van der Waals surface area contributed by atoms with Gasteiger partial charge in [0.1, 0.15) is 0 Å². The van der Waals surface area contributed by atoms with E-state index < -0.39 is 9.84 Å². The number of rotatable bonds is 0. The zero-order valence-corrected chi connectivity index (χ0v) is 6.40. The maximum Gasteiger partial charge on any atom is 0.174 e. The van der Waals surface area contributed by atoms with Crippen LogP contribution >= 0.6 is 0 Å². The quantitative estimate of drug-likeness (QED) is 0.512. The molecule has 1 heterocycles. The summed E-state index contributed by atoms with van der Waals surface area (Å²) in [6.07, 6.45) is 0.711. The lowest BCUT2D eigenvalue weighted by Crippen LogP contribution is -2.08. The summed E-state index contributed by atoms with van der Waals surface area (Å²) in [6.45, 7) is 3.59. The van der Waals surface area contributed by atoms with Crippen molar-refractivity contribution in [2.45, 2.75) is 25.5 Å². The van der Waals surface area contributed by atoms with Gasteiger partial charge in [0.15, 0.2) is 9.84 Å². The minimum Gasteiger partial charge on any atom is -0.224 e. The molecule has 0 bridgehead atoms. The number of allylic oxidation sites excluding steroid dienone is 1. The van der Waals surface area contributed by atoms with E-state index >= 15 is 0 Å². The predicted octanol–water partition coefficient (Wildman–Crippen LogP) is 1.10. The fraction of sp³-hybridized carbons (Fsp3) is 0.667. The van der Waals surface area contributed by atoms with Crippen LogP contribution in [0.4, 0.5) is 0 Å². The van der Waals surface area contributed by atoms with Crippen molar-refractivity contribution in [3.63, 3.8) is 0 Å². The SMILES string of the molecule is CC1=CS(=O)(=O)C(C)C1. The molecule has 0 saturated heterocycles. The molecule has 0 aromatic rings. The van der Waals surface area contributed by atoms with E-state index in [9.17, 15) is 8.42 Å². The first kappa shape index (κ1) is 6.81. The lowest BCUT2D eigenvalue weighted by Gasteiger charge is -1.97.